The zero-order valence-corrected chi connectivity index (χ0v) is 6.47. The lowest BCUT2D eigenvalue weighted by Gasteiger charge is -2.25. The van der Waals surface area contributed by atoms with Gasteiger partial charge in [0.15, 0.2) is 0 Å². The third kappa shape index (κ3) is 2.96. The van der Waals surface area contributed by atoms with Crippen molar-refractivity contribution in [3.05, 3.63) is 12.7 Å². The average Bonchev–Trinajstić information content (AvgIpc) is 1.91. The number of nitrogens with zero attached hydrogens (tertiary/aromatic N) is 1. The topological polar surface area (TPSA) is 50.3 Å². The fourth-order valence-corrected chi connectivity index (χ4v) is 1.08. The van der Waals surface area contributed by atoms with Crippen molar-refractivity contribution < 1.29 is 0 Å². The van der Waals surface area contributed by atoms with Gasteiger partial charge in [0.1, 0.15) is 0 Å². The van der Waals surface area contributed by atoms with Gasteiger partial charge in [0.05, 0.1) is 0 Å². The van der Waals surface area contributed by atoms with Crippen LogP contribution in [0.3, 0.4) is 0 Å². The molecule has 0 aliphatic carbocycles. The Kier molecular flexibility index (Phi) is 5.20. The molecule has 0 radical (unpaired) electrons. The minimum Gasteiger partial charge on any atom is -0.344 e. The fourth-order valence-electron chi connectivity index (χ4n) is 1.08. The highest BCUT2D eigenvalue weighted by Crippen LogP contribution is 1.89. The second-order valence-electron chi connectivity index (χ2n) is 2.34. The summed E-state index contributed by atoms with van der Waals surface area (Å²) in [5.74, 6) is 0. The van der Waals surface area contributed by atoms with Crippen LogP contribution in [0.4, 0.5) is 0 Å². The number of hydrogen-bond donors (Lipinski definition) is 2. The first-order valence-electron chi connectivity index (χ1n) is 3.47. The summed E-state index contributed by atoms with van der Waals surface area (Å²) in [6.07, 6.45) is 1.96. The number of piperazine rings is 1. The van der Waals surface area contributed by atoms with E-state index in [1.165, 1.54) is 13.1 Å². The molecule has 0 spiro atoms. The van der Waals surface area contributed by atoms with E-state index in [1.807, 2.05) is 6.08 Å². The Bertz CT molecular complexity index is 86.9. The van der Waals surface area contributed by atoms with Crippen molar-refractivity contribution in [1.82, 2.24) is 16.4 Å². The lowest BCUT2D eigenvalue weighted by molar-refractivity contribution is 0.265. The Morgan fingerprint density at radius 1 is 1.40 bits per heavy atom. The van der Waals surface area contributed by atoms with Crippen LogP contribution >= 0.6 is 0 Å². The minimum absolute atomic E-state index is 0. The maximum absolute atomic E-state index is 3.69. The van der Waals surface area contributed by atoms with Gasteiger partial charge in [0.2, 0.25) is 0 Å². The van der Waals surface area contributed by atoms with E-state index in [1.54, 1.807) is 0 Å². The second-order valence-corrected chi connectivity index (χ2v) is 2.34. The standard InChI is InChI=1S/C7H14N2.H3N/c1-2-5-9-6-3-8-4-7-9;/h2,8H,1,3-7H2;1H3. The lowest BCUT2D eigenvalue weighted by atomic mass is 10.3. The van der Waals surface area contributed by atoms with Crippen molar-refractivity contribution in [3.8, 4) is 0 Å². The first-order chi connectivity index (χ1) is 4.43. The number of hydrogen-bond acceptors (Lipinski definition) is 3. The van der Waals surface area contributed by atoms with Crippen LogP contribution in [0.5, 0.6) is 0 Å². The Labute approximate surface area is 62.7 Å². The molecule has 1 fully saturated rings. The molecule has 3 heteroatoms. The first-order valence-corrected chi connectivity index (χ1v) is 3.47. The normalized spacial score (nSPS) is 19.6. The highest BCUT2D eigenvalue weighted by molar-refractivity contribution is 4.76. The van der Waals surface area contributed by atoms with Crippen molar-refractivity contribution in [3.63, 3.8) is 0 Å². The SMILES string of the molecule is C=CCN1CCNCC1.N. The summed E-state index contributed by atoms with van der Waals surface area (Å²) in [6.45, 7) is 9.35. The molecule has 0 saturated carbocycles. The van der Waals surface area contributed by atoms with Gasteiger partial charge in [-0.05, 0) is 0 Å². The van der Waals surface area contributed by atoms with E-state index >= 15 is 0 Å². The molecule has 10 heavy (non-hydrogen) atoms. The van der Waals surface area contributed by atoms with E-state index in [9.17, 15) is 0 Å². The molecule has 60 valence electrons. The molecule has 4 N–H and O–H groups in total. The molecule has 1 heterocycles. The van der Waals surface area contributed by atoms with Gasteiger partial charge in [-0.15, -0.1) is 6.58 Å². The molecule has 0 bridgehead atoms. The summed E-state index contributed by atoms with van der Waals surface area (Å²) in [4.78, 5) is 2.39. The summed E-state index contributed by atoms with van der Waals surface area (Å²) in [5.41, 5.74) is 0. The van der Waals surface area contributed by atoms with Crippen molar-refractivity contribution in [1.29, 1.82) is 0 Å². The van der Waals surface area contributed by atoms with Gasteiger partial charge in [-0.3, -0.25) is 4.90 Å². The Hall–Kier alpha value is -0.380. The van der Waals surface area contributed by atoms with Gasteiger partial charge in [0.25, 0.3) is 0 Å². The number of nitrogens with one attached hydrogen (secondary N) is 1. The van der Waals surface area contributed by atoms with E-state index in [4.69, 9.17) is 0 Å². The van der Waals surface area contributed by atoms with Crippen LogP contribution < -0.4 is 11.5 Å². The molecule has 0 atom stereocenters. The molecule has 1 aliphatic rings. The summed E-state index contributed by atoms with van der Waals surface area (Å²) >= 11 is 0. The van der Waals surface area contributed by atoms with Crippen LogP contribution in [0.25, 0.3) is 0 Å². The molecule has 0 unspecified atom stereocenters. The molecule has 3 nitrogen and oxygen atoms in total. The summed E-state index contributed by atoms with van der Waals surface area (Å²) in [6, 6.07) is 0. The van der Waals surface area contributed by atoms with Gasteiger partial charge in [0, 0.05) is 32.7 Å². The van der Waals surface area contributed by atoms with Crippen LogP contribution in [0.15, 0.2) is 12.7 Å². The van der Waals surface area contributed by atoms with Gasteiger partial charge in [-0.25, -0.2) is 0 Å². The van der Waals surface area contributed by atoms with E-state index in [-0.39, 0.29) is 6.15 Å². The Morgan fingerprint density at radius 3 is 2.50 bits per heavy atom. The average molecular weight is 143 g/mol. The highest BCUT2D eigenvalue weighted by atomic mass is 15.2. The summed E-state index contributed by atoms with van der Waals surface area (Å²) in [5, 5.41) is 3.30. The van der Waals surface area contributed by atoms with Crippen molar-refractivity contribution in [2.24, 2.45) is 0 Å². The molecule has 0 amide bonds. The quantitative estimate of drug-likeness (QED) is 0.544. The van der Waals surface area contributed by atoms with E-state index < -0.39 is 0 Å². The number of rotatable bonds is 2. The first kappa shape index (κ1) is 9.62. The molecule has 1 rings (SSSR count). The van der Waals surface area contributed by atoms with Crippen molar-refractivity contribution in [2.45, 2.75) is 0 Å². The Morgan fingerprint density at radius 2 is 2.00 bits per heavy atom. The predicted molar refractivity (Wildman–Crippen MR) is 44.5 cm³/mol. The van der Waals surface area contributed by atoms with Gasteiger partial charge < -0.3 is 11.5 Å². The van der Waals surface area contributed by atoms with E-state index in [0.29, 0.717) is 0 Å². The molecular formula is C7H17N3. The third-order valence-electron chi connectivity index (χ3n) is 1.60. The molecule has 0 aromatic heterocycles. The molecule has 0 aromatic rings. The maximum Gasteiger partial charge on any atom is 0.0161 e. The van der Waals surface area contributed by atoms with Gasteiger partial charge in [-0.2, -0.15) is 0 Å². The van der Waals surface area contributed by atoms with E-state index in [2.05, 4.69) is 16.8 Å². The molecule has 1 aliphatic heterocycles. The van der Waals surface area contributed by atoms with Crippen LogP contribution in [-0.4, -0.2) is 37.6 Å². The second kappa shape index (κ2) is 5.41. The van der Waals surface area contributed by atoms with Gasteiger partial charge >= 0.3 is 0 Å². The predicted octanol–water partition coefficient (Wildman–Crippen LogP) is 0.240. The fraction of sp³-hybridized carbons (Fsp3) is 0.714. The lowest BCUT2D eigenvalue weighted by Crippen LogP contribution is -2.43. The van der Waals surface area contributed by atoms with Crippen LogP contribution in [0.1, 0.15) is 0 Å². The van der Waals surface area contributed by atoms with Crippen LogP contribution in [0.2, 0.25) is 0 Å². The van der Waals surface area contributed by atoms with E-state index in [0.717, 1.165) is 19.6 Å². The van der Waals surface area contributed by atoms with Crippen molar-refractivity contribution >= 4 is 0 Å². The highest BCUT2D eigenvalue weighted by Gasteiger charge is 2.05. The summed E-state index contributed by atoms with van der Waals surface area (Å²) < 4.78 is 0. The maximum atomic E-state index is 3.69. The molecule has 0 aromatic carbocycles. The smallest absolute Gasteiger partial charge is 0.0161 e. The van der Waals surface area contributed by atoms with Crippen molar-refractivity contribution in [2.75, 3.05) is 32.7 Å². The molecular weight excluding hydrogens is 126 g/mol. The van der Waals surface area contributed by atoms with Crippen LogP contribution in [-0.2, 0) is 0 Å². The Balaban J connectivity index is 0.000000810. The monoisotopic (exact) mass is 143 g/mol. The minimum atomic E-state index is 0. The van der Waals surface area contributed by atoms with Gasteiger partial charge in [-0.1, -0.05) is 6.08 Å². The zero-order chi connectivity index (χ0) is 6.53. The zero-order valence-electron chi connectivity index (χ0n) is 6.47. The summed E-state index contributed by atoms with van der Waals surface area (Å²) in [7, 11) is 0. The van der Waals surface area contributed by atoms with Crippen LogP contribution in [0, 0.1) is 0 Å². The largest absolute Gasteiger partial charge is 0.344 e. The third-order valence-corrected chi connectivity index (χ3v) is 1.60. The molecule has 1 saturated heterocycles.